The van der Waals surface area contributed by atoms with Crippen molar-refractivity contribution >= 4 is 0 Å². The van der Waals surface area contributed by atoms with E-state index in [0.717, 1.165) is 5.56 Å². The molecule has 0 saturated carbocycles. The lowest BCUT2D eigenvalue weighted by atomic mass is 10.1. The summed E-state index contributed by atoms with van der Waals surface area (Å²) in [7, 11) is 0. The molecule has 0 spiro atoms. The lowest BCUT2D eigenvalue weighted by molar-refractivity contribution is 1.22. The minimum absolute atomic E-state index is 0.516. The number of aryl methyl sites for hydroxylation is 2. The molecule has 11 heavy (non-hydrogen) atoms. The van der Waals surface area contributed by atoms with Crippen molar-refractivity contribution in [2.75, 3.05) is 0 Å². The molecule has 0 aliphatic carbocycles. The van der Waals surface area contributed by atoms with Crippen molar-refractivity contribution < 1.29 is 0 Å². The molecule has 0 aliphatic rings. The van der Waals surface area contributed by atoms with Gasteiger partial charge in [0.25, 0.3) is 0 Å². The largest absolute Gasteiger partial charge is 0.198 e. The average Bonchev–Trinajstić information content (AvgIpc) is 1.85. The molecule has 56 valence electrons. The summed E-state index contributed by atoms with van der Waals surface area (Å²) in [6.45, 7) is 4.10. The van der Waals surface area contributed by atoms with E-state index in [0.29, 0.717) is 6.42 Å². The third-order valence-electron chi connectivity index (χ3n) is 1.56. The molecular weight excluding hydrogens is 134 g/mol. The number of nitrogens with zero attached hydrogens (tertiary/aromatic N) is 1. The Hall–Kier alpha value is -1.29. The van der Waals surface area contributed by atoms with E-state index in [1.54, 1.807) is 0 Å². The van der Waals surface area contributed by atoms with Gasteiger partial charge in [-0.15, -0.1) is 0 Å². The van der Waals surface area contributed by atoms with Gasteiger partial charge in [0.1, 0.15) is 0 Å². The van der Waals surface area contributed by atoms with Gasteiger partial charge >= 0.3 is 0 Å². The van der Waals surface area contributed by atoms with Crippen molar-refractivity contribution in [3.05, 3.63) is 34.9 Å². The van der Waals surface area contributed by atoms with Crippen LogP contribution in [0.25, 0.3) is 0 Å². The fourth-order valence-electron chi connectivity index (χ4n) is 1.26. The van der Waals surface area contributed by atoms with E-state index in [9.17, 15) is 0 Å². The van der Waals surface area contributed by atoms with Gasteiger partial charge < -0.3 is 0 Å². The van der Waals surface area contributed by atoms with E-state index in [1.165, 1.54) is 11.1 Å². The highest BCUT2D eigenvalue weighted by atomic mass is 14.2. The van der Waals surface area contributed by atoms with E-state index in [2.05, 4.69) is 24.3 Å². The van der Waals surface area contributed by atoms with E-state index in [-0.39, 0.29) is 0 Å². The first-order chi connectivity index (χ1) is 5.22. The maximum absolute atomic E-state index is 8.45. The lowest BCUT2D eigenvalue weighted by Gasteiger charge is -1.99. The van der Waals surface area contributed by atoms with Crippen LogP contribution in [0.1, 0.15) is 16.7 Å². The van der Waals surface area contributed by atoms with Crippen molar-refractivity contribution in [1.29, 1.82) is 5.26 Å². The molecule has 0 N–H and O–H groups in total. The second kappa shape index (κ2) is 3.21. The zero-order chi connectivity index (χ0) is 8.27. The van der Waals surface area contributed by atoms with E-state index < -0.39 is 0 Å². The van der Waals surface area contributed by atoms with Gasteiger partial charge in [0.2, 0.25) is 0 Å². The smallest absolute Gasteiger partial charge is 0.0669 e. The van der Waals surface area contributed by atoms with Crippen molar-refractivity contribution in [2.45, 2.75) is 20.3 Å². The highest BCUT2D eigenvalue weighted by molar-refractivity contribution is 5.29. The fourth-order valence-corrected chi connectivity index (χ4v) is 1.26. The number of hydrogen-bond donors (Lipinski definition) is 0. The molecule has 0 radical (unpaired) electrons. The molecule has 1 aromatic carbocycles. The monoisotopic (exact) mass is 145 g/mol. The molecule has 0 aliphatic heterocycles. The van der Waals surface area contributed by atoms with Crippen molar-refractivity contribution in [3.8, 4) is 6.07 Å². The Kier molecular flexibility index (Phi) is 2.28. The first-order valence-corrected chi connectivity index (χ1v) is 3.66. The molecular formula is C10H11N. The molecule has 1 aromatic rings. The number of rotatable bonds is 1. The molecule has 0 amide bonds. The van der Waals surface area contributed by atoms with Gasteiger partial charge in [-0.3, -0.25) is 0 Å². The summed E-state index contributed by atoms with van der Waals surface area (Å²) in [4.78, 5) is 0. The molecule has 0 heterocycles. The van der Waals surface area contributed by atoms with Gasteiger partial charge in [0.05, 0.1) is 12.5 Å². The van der Waals surface area contributed by atoms with E-state index in [1.807, 2.05) is 13.8 Å². The third-order valence-corrected chi connectivity index (χ3v) is 1.56. The minimum Gasteiger partial charge on any atom is -0.198 e. The minimum atomic E-state index is 0.516. The first-order valence-electron chi connectivity index (χ1n) is 3.66. The standard InChI is InChI=1S/C10H11N/c1-8-5-9(2)7-10(6-8)3-4-11/h5-7H,3H2,1-2H3. The van der Waals surface area contributed by atoms with Gasteiger partial charge in [0.15, 0.2) is 0 Å². The maximum atomic E-state index is 8.45. The van der Waals surface area contributed by atoms with Crippen LogP contribution in [0.15, 0.2) is 18.2 Å². The second-order valence-corrected chi connectivity index (χ2v) is 2.83. The van der Waals surface area contributed by atoms with E-state index in [4.69, 9.17) is 5.26 Å². The van der Waals surface area contributed by atoms with Gasteiger partial charge in [-0.05, 0) is 19.4 Å². The number of benzene rings is 1. The van der Waals surface area contributed by atoms with Crippen molar-refractivity contribution in [1.82, 2.24) is 0 Å². The number of nitriles is 1. The SMILES string of the molecule is Cc1cc(C)cc(CC#N)c1. The molecule has 0 aromatic heterocycles. The van der Waals surface area contributed by atoms with Crippen LogP contribution in [0.3, 0.4) is 0 Å². The Morgan fingerprint density at radius 3 is 2.18 bits per heavy atom. The van der Waals surface area contributed by atoms with Crippen molar-refractivity contribution in [2.24, 2.45) is 0 Å². The summed E-state index contributed by atoms with van der Waals surface area (Å²) in [6.07, 6.45) is 0.516. The molecule has 1 heteroatoms. The summed E-state index contributed by atoms with van der Waals surface area (Å²) < 4.78 is 0. The van der Waals surface area contributed by atoms with Gasteiger partial charge in [-0.1, -0.05) is 29.3 Å². The summed E-state index contributed by atoms with van der Waals surface area (Å²) in [5.41, 5.74) is 3.58. The Morgan fingerprint density at radius 2 is 1.73 bits per heavy atom. The van der Waals surface area contributed by atoms with Crippen LogP contribution < -0.4 is 0 Å². The molecule has 1 rings (SSSR count). The van der Waals surface area contributed by atoms with Crippen molar-refractivity contribution in [3.63, 3.8) is 0 Å². The summed E-state index contributed by atoms with van der Waals surface area (Å²) in [5, 5.41) is 8.45. The molecule has 0 unspecified atom stereocenters. The highest BCUT2D eigenvalue weighted by Gasteiger charge is 1.93. The van der Waals surface area contributed by atoms with Gasteiger partial charge in [0, 0.05) is 0 Å². The molecule has 0 bridgehead atoms. The van der Waals surface area contributed by atoms with Crippen LogP contribution >= 0.6 is 0 Å². The lowest BCUT2D eigenvalue weighted by Crippen LogP contribution is -1.84. The van der Waals surface area contributed by atoms with Crippen LogP contribution in [-0.2, 0) is 6.42 Å². The van der Waals surface area contributed by atoms with Gasteiger partial charge in [-0.2, -0.15) is 5.26 Å². The number of hydrogen-bond acceptors (Lipinski definition) is 1. The van der Waals surface area contributed by atoms with Crippen LogP contribution in [0.5, 0.6) is 0 Å². The Morgan fingerprint density at radius 1 is 1.18 bits per heavy atom. The zero-order valence-corrected chi connectivity index (χ0v) is 6.89. The Labute approximate surface area is 67.3 Å². The normalized spacial score (nSPS) is 9.18. The summed E-state index contributed by atoms with van der Waals surface area (Å²) >= 11 is 0. The maximum Gasteiger partial charge on any atom is 0.0669 e. The predicted molar refractivity (Wildman–Crippen MR) is 45.2 cm³/mol. The fraction of sp³-hybridized carbons (Fsp3) is 0.300. The third kappa shape index (κ3) is 2.09. The molecule has 0 saturated heterocycles. The average molecular weight is 145 g/mol. The van der Waals surface area contributed by atoms with E-state index >= 15 is 0 Å². The van der Waals surface area contributed by atoms with Gasteiger partial charge in [-0.25, -0.2) is 0 Å². The highest BCUT2D eigenvalue weighted by Crippen LogP contribution is 2.08. The van der Waals surface area contributed by atoms with Crippen LogP contribution in [-0.4, -0.2) is 0 Å². The first kappa shape index (κ1) is 7.81. The molecule has 0 atom stereocenters. The van der Waals surface area contributed by atoms with Crippen LogP contribution in [0.2, 0.25) is 0 Å². The second-order valence-electron chi connectivity index (χ2n) is 2.83. The van der Waals surface area contributed by atoms with Crippen LogP contribution in [0.4, 0.5) is 0 Å². The van der Waals surface area contributed by atoms with Crippen LogP contribution in [0, 0.1) is 25.2 Å². The summed E-state index contributed by atoms with van der Waals surface area (Å²) in [6, 6.07) is 8.35. The summed E-state index contributed by atoms with van der Waals surface area (Å²) in [5.74, 6) is 0. The zero-order valence-electron chi connectivity index (χ0n) is 6.89. The molecule has 1 nitrogen and oxygen atoms in total. The Balaban J connectivity index is 3.01. The predicted octanol–water partition coefficient (Wildman–Crippen LogP) is 2.37. The molecule has 0 fully saturated rings. The quantitative estimate of drug-likeness (QED) is 0.595. The Bertz CT molecular complexity index is 274. The topological polar surface area (TPSA) is 23.8 Å².